The van der Waals surface area contributed by atoms with Gasteiger partial charge in [0.1, 0.15) is 5.75 Å². The minimum absolute atomic E-state index is 0.251. The maximum Gasteiger partial charge on any atom is 0.138 e. The second kappa shape index (κ2) is 7.57. The molecule has 0 saturated carbocycles. The van der Waals surface area contributed by atoms with Crippen LogP contribution in [0, 0.1) is 12.8 Å². The standard InChI is InChI=1S/C15H25N3O2/c1-12-2-3-15(20)14(17-12)11-16-10-13-4-6-18(7-5-13)8-9-19/h2-3,13,16,19-20H,4-11H2,1H3. The molecule has 0 aromatic carbocycles. The smallest absolute Gasteiger partial charge is 0.138 e. The predicted octanol–water partition coefficient (Wildman–Crippen LogP) is 0.890. The van der Waals surface area contributed by atoms with Gasteiger partial charge < -0.3 is 20.4 Å². The van der Waals surface area contributed by atoms with Gasteiger partial charge in [0.2, 0.25) is 0 Å². The van der Waals surface area contributed by atoms with Gasteiger partial charge in [-0.2, -0.15) is 0 Å². The SMILES string of the molecule is Cc1ccc(O)c(CNCC2CCN(CCO)CC2)n1. The maximum absolute atomic E-state index is 9.73. The number of piperidine rings is 1. The summed E-state index contributed by atoms with van der Waals surface area (Å²) in [6.07, 6.45) is 2.33. The largest absolute Gasteiger partial charge is 0.506 e. The highest BCUT2D eigenvalue weighted by Gasteiger charge is 2.18. The van der Waals surface area contributed by atoms with Gasteiger partial charge in [-0.25, -0.2) is 0 Å². The van der Waals surface area contributed by atoms with Crippen LogP contribution >= 0.6 is 0 Å². The molecule has 1 aliphatic heterocycles. The Bertz CT molecular complexity index is 418. The van der Waals surface area contributed by atoms with Crippen LogP contribution in [0.1, 0.15) is 24.2 Å². The van der Waals surface area contributed by atoms with Crippen molar-refractivity contribution < 1.29 is 10.2 Å². The molecule has 1 aromatic heterocycles. The van der Waals surface area contributed by atoms with Crippen molar-refractivity contribution in [1.82, 2.24) is 15.2 Å². The van der Waals surface area contributed by atoms with Crippen LogP contribution in [0.2, 0.25) is 0 Å². The lowest BCUT2D eigenvalue weighted by molar-refractivity contribution is 0.146. The molecule has 0 radical (unpaired) electrons. The summed E-state index contributed by atoms with van der Waals surface area (Å²) in [5.74, 6) is 0.942. The Hall–Kier alpha value is -1.17. The number of aromatic nitrogens is 1. The van der Waals surface area contributed by atoms with Crippen LogP contribution in [0.5, 0.6) is 5.75 Å². The minimum Gasteiger partial charge on any atom is -0.506 e. The number of nitrogens with zero attached hydrogens (tertiary/aromatic N) is 2. The summed E-state index contributed by atoms with van der Waals surface area (Å²) < 4.78 is 0. The zero-order chi connectivity index (χ0) is 14.4. The molecule has 0 spiro atoms. The topological polar surface area (TPSA) is 68.6 Å². The normalized spacial score (nSPS) is 17.5. The third kappa shape index (κ3) is 4.44. The molecule has 5 heteroatoms. The molecule has 0 amide bonds. The Kier molecular flexibility index (Phi) is 5.76. The highest BCUT2D eigenvalue weighted by atomic mass is 16.3. The third-order valence-electron chi connectivity index (χ3n) is 3.94. The van der Waals surface area contributed by atoms with Gasteiger partial charge in [-0.3, -0.25) is 4.98 Å². The molecule has 0 aliphatic carbocycles. The molecule has 5 nitrogen and oxygen atoms in total. The predicted molar refractivity (Wildman–Crippen MR) is 78.6 cm³/mol. The average Bonchev–Trinajstić information content (AvgIpc) is 2.45. The molecule has 0 bridgehead atoms. The summed E-state index contributed by atoms with van der Waals surface area (Å²) in [5, 5.41) is 22.0. The first-order valence-electron chi connectivity index (χ1n) is 7.38. The molecule has 3 N–H and O–H groups in total. The lowest BCUT2D eigenvalue weighted by Gasteiger charge is -2.31. The number of aliphatic hydroxyl groups is 1. The summed E-state index contributed by atoms with van der Waals surface area (Å²) in [5.41, 5.74) is 1.65. The van der Waals surface area contributed by atoms with Crippen LogP contribution in [0.4, 0.5) is 0 Å². The number of β-amino-alcohol motifs (C(OH)–C–C–N with tert-alkyl or cyclic N) is 1. The van der Waals surface area contributed by atoms with E-state index in [1.54, 1.807) is 6.07 Å². The highest BCUT2D eigenvalue weighted by Crippen LogP contribution is 2.17. The number of rotatable bonds is 6. The molecule has 20 heavy (non-hydrogen) atoms. The van der Waals surface area contributed by atoms with Crippen LogP contribution in [-0.4, -0.2) is 52.9 Å². The fraction of sp³-hybridized carbons (Fsp3) is 0.667. The zero-order valence-electron chi connectivity index (χ0n) is 12.2. The van der Waals surface area contributed by atoms with Crippen molar-refractivity contribution in [3.63, 3.8) is 0 Å². The fourth-order valence-electron chi connectivity index (χ4n) is 2.68. The van der Waals surface area contributed by atoms with Gasteiger partial charge in [0.25, 0.3) is 0 Å². The van der Waals surface area contributed by atoms with Gasteiger partial charge in [0.15, 0.2) is 0 Å². The average molecular weight is 279 g/mol. The van der Waals surface area contributed by atoms with Crippen molar-refractivity contribution in [3.8, 4) is 5.75 Å². The summed E-state index contributed by atoms with van der Waals surface area (Å²) in [6.45, 7) is 6.69. The summed E-state index contributed by atoms with van der Waals surface area (Å²) in [4.78, 5) is 6.65. The quantitative estimate of drug-likeness (QED) is 0.721. The Balaban J connectivity index is 1.70. The van der Waals surface area contributed by atoms with Crippen LogP contribution in [0.15, 0.2) is 12.1 Å². The van der Waals surface area contributed by atoms with E-state index in [2.05, 4.69) is 15.2 Å². The van der Waals surface area contributed by atoms with E-state index in [0.29, 0.717) is 12.5 Å². The molecule has 2 rings (SSSR count). The molecular formula is C15H25N3O2. The molecule has 112 valence electrons. The van der Waals surface area contributed by atoms with Crippen molar-refractivity contribution in [1.29, 1.82) is 0 Å². The van der Waals surface area contributed by atoms with E-state index in [9.17, 15) is 5.11 Å². The molecular weight excluding hydrogens is 254 g/mol. The van der Waals surface area contributed by atoms with Gasteiger partial charge in [0, 0.05) is 18.8 Å². The van der Waals surface area contributed by atoms with Gasteiger partial charge in [-0.05, 0) is 57.5 Å². The van der Waals surface area contributed by atoms with Crippen LogP contribution < -0.4 is 5.32 Å². The molecule has 0 atom stereocenters. The Morgan fingerprint density at radius 3 is 2.80 bits per heavy atom. The number of aryl methyl sites for hydroxylation is 1. The van der Waals surface area contributed by atoms with E-state index in [-0.39, 0.29) is 12.4 Å². The van der Waals surface area contributed by atoms with Crippen LogP contribution in [-0.2, 0) is 6.54 Å². The first-order chi connectivity index (χ1) is 9.69. The number of hydrogen-bond acceptors (Lipinski definition) is 5. The number of likely N-dealkylation sites (tertiary alicyclic amines) is 1. The molecule has 1 aliphatic rings. The van der Waals surface area contributed by atoms with E-state index in [0.717, 1.165) is 37.6 Å². The van der Waals surface area contributed by atoms with E-state index in [1.807, 2.05) is 13.0 Å². The first kappa shape index (κ1) is 15.2. The van der Waals surface area contributed by atoms with Crippen molar-refractivity contribution >= 4 is 0 Å². The van der Waals surface area contributed by atoms with E-state index < -0.39 is 0 Å². The van der Waals surface area contributed by atoms with Crippen molar-refractivity contribution in [2.24, 2.45) is 5.92 Å². The van der Waals surface area contributed by atoms with Crippen LogP contribution in [0.3, 0.4) is 0 Å². The molecule has 0 unspecified atom stereocenters. The number of nitrogens with one attached hydrogen (secondary N) is 1. The van der Waals surface area contributed by atoms with Crippen molar-refractivity contribution in [2.75, 3.05) is 32.8 Å². The van der Waals surface area contributed by atoms with Crippen molar-refractivity contribution in [2.45, 2.75) is 26.3 Å². The Labute approximate surface area is 120 Å². The first-order valence-corrected chi connectivity index (χ1v) is 7.38. The van der Waals surface area contributed by atoms with E-state index in [4.69, 9.17) is 5.11 Å². The van der Waals surface area contributed by atoms with E-state index in [1.165, 1.54) is 12.8 Å². The molecule has 1 fully saturated rings. The van der Waals surface area contributed by atoms with Crippen LogP contribution in [0.25, 0.3) is 0 Å². The van der Waals surface area contributed by atoms with Crippen molar-refractivity contribution in [3.05, 3.63) is 23.5 Å². The number of pyridine rings is 1. The zero-order valence-corrected chi connectivity index (χ0v) is 12.2. The summed E-state index contributed by atoms with van der Waals surface area (Å²) >= 11 is 0. The third-order valence-corrected chi connectivity index (χ3v) is 3.94. The Morgan fingerprint density at radius 1 is 1.35 bits per heavy atom. The number of aromatic hydroxyl groups is 1. The van der Waals surface area contributed by atoms with Gasteiger partial charge in [-0.1, -0.05) is 0 Å². The second-order valence-electron chi connectivity index (χ2n) is 5.56. The Morgan fingerprint density at radius 2 is 2.10 bits per heavy atom. The molecule has 1 aromatic rings. The highest BCUT2D eigenvalue weighted by molar-refractivity contribution is 5.27. The van der Waals surface area contributed by atoms with Gasteiger partial charge in [-0.15, -0.1) is 0 Å². The summed E-state index contributed by atoms with van der Waals surface area (Å²) in [6, 6.07) is 3.52. The van der Waals surface area contributed by atoms with Gasteiger partial charge in [0.05, 0.1) is 12.3 Å². The lowest BCUT2D eigenvalue weighted by atomic mass is 9.97. The molecule has 2 heterocycles. The second-order valence-corrected chi connectivity index (χ2v) is 5.56. The maximum atomic E-state index is 9.73. The van der Waals surface area contributed by atoms with Gasteiger partial charge >= 0.3 is 0 Å². The minimum atomic E-state index is 0.251. The van der Waals surface area contributed by atoms with E-state index >= 15 is 0 Å². The fourth-order valence-corrected chi connectivity index (χ4v) is 2.68. The molecule has 1 saturated heterocycles. The number of aliphatic hydroxyl groups excluding tert-OH is 1. The monoisotopic (exact) mass is 279 g/mol. The number of hydrogen-bond donors (Lipinski definition) is 3. The lowest BCUT2D eigenvalue weighted by Crippen LogP contribution is -2.38. The summed E-state index contributed by atoms with van der Waals surface area (Å²) in [7, 11) is 0.